The van der Waals surface area contributed by atoms with E-state index in [1.807, 2.05) is 0 Å². The topological polar surface area (TPSA) is 96.6 Å². The molecule has 1 unspecified atom stereocenters. The minimum Gasteiger partial charge on any atom is -0.388 e. The first kappa shape index (κ1) is 14.7. The fourth-order valence-electron chi connectivity index (χ4n) is 2.25. The Kier molecular flexibility index (Phi) is 3.92. The van der Waals surface area contributed by atoms with E-state index in [1.54, 1.807) is 6.92 Å². The number of rotatable bonds is 2. The van der Waals surface area contributed by atoms with Gasteiger partial charge in [-0.05, 0) is 19.8 Å². The molecule has 1 fully saturated rings. The van der Waals surface area contributed by atoms with Gasteiger partial charge in [0.2, 0.25) is 0 Å². The van der Waals surface area contributed by atoms with Gasteiger partial charge in [0.25, 0.3) is 11.6 Å². The summed E-state index contributed by atoms with van der Waals surface area (Å²) in [5, 5.41) is 20.6. The maximum Gasteiger partial charge on any atom is 0.288 e. The highest BCUT2D eigenvalue weighted by molar-refractivity contribution is 6.32. The first-order valence-electron chi connectivity index (χ1n) is 6.12. The van der Waals surface area contributed by atoms with Crippen LogP contribution in [0.4, 0.5) is 5.69 Å². The molecular formula is C12H14ClN3O4. The fourth-order valence-corrected chi connectivity index (χ4v) is 2.43. The van der Waals surface area contributed by atoms with Crippen molar-refractivity contribution in [3.05, 3.63) is 33.1 Å². The van der Waals surface area contributed by atoms with Gasteiger partial charge in [-0.25, -0.2) is 4.98 Å². The zero-order valence-corrected chi connectivity index (χ0v) is 11.6. The second-order valence-corrected chi connectivity index (χ2v) is 5.47. The Labute approximate surface area is 120 Å². The summed E-state index contributed by atoms with van der Waals surface area (Å²) in [5.41, 5.74) is -1.26. The second kappa shape index (κ2) is 5.34. The van der Waals surface area contributed by atoms with Crippen LogP contribution in [0.5, 0.6) is 0 Å². The van der Waals surface area contributed by atoms with Crippen molar-refractivity contribution in [1.82, 2.24) is 9.88 Å². The molecule has 1 saturated heterocycles. The van der Waals surface area contributed by atoms with Gasteiger partial charge in [-0.2, -0.15) is 0 Å². The van der Waals surface area contributed by atoms with E-state index in [0.717, 1.165) is 12.3 Å². The van der Waals surface area contributed by atoms with Crippen LogP contribution >= 0.6 is 11.6 Å². The first-order chi connectivity index (χ1) is 9.30. The van der Waals surface area contributed by atoms with Crippen LogP contribution < -0.4 is 0 Å². The van der Waals surface area contributed by atoms with Gasteiger partial charge in [-0.3, -0.25) is 14.9 Å². The number of aromatic nitrogens is 1. The third-order valence-electron chi connectivity index (χ3n) is 3.23. The number of aliphatic hydroxyl groups is 1. The van der Waals surface area contributed by atoms with Crippen LogP contribution in [-0.2, 0) is 0 Å². The van der Waals surface area contributed by atoms with Crippen molar-refractivity contribution in [3.63, 3.8) is 0 Å². The van der Waals surface area contributed by atoms with E-state index in [4.69, 9.17) is 11.6 Å². The number of hydrogen-bond acceptors (Lipinski definition) is 5. The van der Waals surface area contributed by atoms with Crippen LogP contribution in [0.15, 0.2) is 12.3 Å². The molecule has 2 heterocycles. The number of likely N-dealkylation sites (tertiary alicyclic amines) is 1. The molecule has 108 valence electrons. The summed E-state index contributed by atoms with van der Waals surface area (Å²) in [6, 6.07) is 1.11. The molecule has 1 aliphatic heterocycles. The summed E-state index contributed by atoms with van der Waals surface area (Å²) >= 11 is 5.84. The molecule has 0 spiro atoms. The van der Waals surface area contributed by atoms with Crippen LogP contribution in [0.2, 0.25) is 5.15 Å². The average molecular weight is 300 g/mol. The van der Waals surface area contributed by atoms with Gasteiger partial charge in [0.1, 0.15) is 11.3 Å². The van der Waals surface area contributed by atoms with Gasteiger partial charge < -0.3 is 10.0 Å². The number of β-amino-alcohol motifs (C(OH)–C–C–N with tert-alkyl or cyclic N) is 1. The molecule has 0 aliphatic carbocycles. The molecule has 1 aromatic heterocycles. The number of pyridine rings is 1. The highest BCUT2D eigenvalue weighted by Crippen LogP contribution is 2.25. The van der Waals surface area contributed by atoms with Crippen molar-refractivity contribution in [3.8, 4) is 0 Å². The number of amides is 1. The Morgan fingerprint density at radius 3 is 2.95 bits per heavy atom. The van der Waals surface area contributed by atoms with E-state index >= 15 is 0 Å². The van der Waals surface area contributed by atoms with E-state index in [2.05, 4.69) is 4.98 Å². The van der Waals surface area contributed by atoms with Crippen LogP contribution in [0.3, 0.4) is 0 Å². The lowest BCUT2D eigenvalue weighted by Crippen LogP contribution is -2.48. The molecular weight excluding hydrogens is 286 g/mol. The number of nitrogens with zero attached hydrogens (tertiary/aromatic N) is 3. The van der Waals surface area contributed by atoms with E-state index in [-0.39, 0.29) is 22.9 Å². The van der Waals surface area contributed by atoms with Gasteiger partial charge >= 0.3 is 0 Å². The summed E-state index contributed by atoms with van der Waals surface area (Å²) in [5.74, 6) is -0.453. The number of nitro groups is 1. The minimum absolute atomic E-state index is 0.0152. The number of carbonyl (C=O) groups is 1. The third-order valence-corrected chi connectivity index (χ3v) is 3.53. The van der Waals surface area contributed by atoms with E-state index in [9.17, 15) is 20.0 Å². The normalized spacial score (nSPS) is 22.6. The summed E-state index contributed by atoms with van der Waals surface area (Å²) in [7, 11) is 0. The third kappa shape index (κ3) is 3.05. The lowest BCUT2D eigenvalue weighted by atomic mass is 9.95. The van der Waals surface area contributed by atoms with Crippen LogP contribution in [0.25, 0.3) is 0 Å². The Morgan fingerprint density at radius 2 is 2.35 bits per heavy atom. The fraction of sp³-hybridized carbons (Fsp3) is 0.500. The SMILES string of the molecule is CC1(O)CCCN(C(=O)c2cc([N+](=O)[O-])cnc2Cl)C1. The highest BCUT2D eigenvalue weighted by atomic mass is 35.5. The Morgan fingerprint density at radius 1 is 1.65 bits per heavy atom. The second-order valence-electron chi connectivity index (χ2n) is 5.12. The van der Waals surface area contributed by atoms with E-state index in [1.165, 1.54) is 4.90 Å². The zero-order chi connectivity index (χ0) is 14.9. The summed E-state index contributed by atoms with van der Waals surface area (Å²) in [6.07, 6.45) is 2.28. The predicted octanol–water partition coefficient (Wildman–Crippen LogP) is 1.63. The number of hydrogen-bond donors (Lipinski definition) is 1. The standard InChI is InChI=1S/C12H14ClN3O4/c1-12(18)3-2-4-15(7-12)11(17)9-5-8(16(19)20)6-14-10(9)13/h5-6,18H,2-4,7H2,1H3. The van der Waals surface area contributed by atoms with Crippen molar-refractivity contribution in [2.24, 2.45) is 0 Å². The van der Waals surface area contributed by atoms with E-state index < -0.39 is 16.4 Å². The van der Waals surface area contributed by atoms with Crippen LogP contribution in [-0.4, -0.2) is 44.5 Å². The monoisotopic (exact) mass is 299 g/mol. The van der Waals surface area contributed by atoms with Crippen LogP contribution in [0.1, 0.15) is 30.1 Å². The molecule has 7 nitrogen and oxygen atoms in total. The van der Waals surface area contributed by atoms with Crippen molar-refractivity contribution in [2.75, 3.05) is 13.1 Å². The Balaban J connectivity index is 2.29. The zero-order valence-electron chi connectivity index (χ0n) is 10.9. The first-order valence-corrected chi connectivity index (χ1v) is 6.49. The van der Waals surface area contributed by atoms with Gasteiger partial charge in [0, 0.05) is 19.2 Å². The van der Waals surface area contributed by atoms with Crippen molar-refractivity contribution < 1.29 is 14.8 Å². The van der Waals surface area contributed by atoms with Gasteiger partial charge in [-0.1, -0.05) is 11.6 Å². The summed E-state index contributed by atoms with van der Waals surface area (Å²) in [4.78, 5) is 27.5. The largest absolute Gasteiger partial charge is 0.388 e. The maximum atomic E-state index is 12.4. The number of piperidine rings is 1. The van der Waals surface area contributed by atoms with E-state index in [0.29, 0.717) is 19.4 Å². The average Bonchev–Trinajstić information content (AvgIpc) is 2.37. The molecule has 0 aromatic carbocycles. The van der Waals surface area contributed by atoms with Crippen LogP contribution in [0, 0.1) is 10.1 Å². The van der Waals surface area contributed by atoms with Gasteiger partial charge in [0.05, 0.1) is 16.1 Å². The molecule has 0 saturated carbocycles. The quantitative estimate of drug-likeness (QED) is 0.508. The molecule has 1 N–H and O–H groups in total. The predicted molar refractivity (Wildman–Crippen MR) is 71.7 cm³/mol. The smallest absolute Gasteiger partial charge is 0.288 e. The minimum atomic E-state index is -0.950. The van der Waals surface area contributed by atoms with Gasteiger partial charge in [-0.15, -0.1) is 0 Å². The summed E-state index contributed by atoms with van der Waals surface area (Å²) < 4.78 is 0. The lowest BCUT2D eigenvalue weighted by Gasteiger charge is -2.36. The molecule has 0 bridgehead atoms. The van der Waals surface area contributed by atoms with Crippen molar-refractivity contribution in [1.29, 1.82) is 0 Å². The lowest BCUT2D eigenvalue weighted by molar-refractivity contribution is -0.385. The molecule has 20 heavy (non-hydrogen) atoms. The van der Waals surface area contributed by atoms with Crippen molar-refractivity contribution >= 4 is 23.2 Å². The molecule has 2 rings (SSSR count). The molecule has 1 atom stereocenters. The Hall–Kier alpha value is -1.73. The van der Waals surface area contributed by atoms with Gasteiger partial charge in [0.15, 0.2) is 0 Å². The highest BCUT2D eigenvalue weighted by Gasteiger charge is 2.32. The number of carbonyl (C=O) groups excluding carboxylic acids is 1. The van der Waals surface area contributed by atoms with Crippen molar-refractivity contribution in [2.45, 2.75) is 25.4 Å². The summed E-state index contributed by atoms with van der Waals surface area (Å²) in [6.45, 7) is 2.30. The molecule has 1 amide bonds. The maximum absolute atomic E-state index is 12.4. The molecule has 1 aromatic rings. The Bertz CT molecular complexity index is 562. The number of halogens is 1. The molecule has 0 radical (unpaired) electrons. The molecule has 8 heteroatoms. The molecule has 1 aliphatic rings.